The fourth-order valence-electron chi connectivity index (χ4n) is 5.20. The molecule has 1 fully saturated rings. The molecule has 0 nitrogen and oxygen atoms in total. The Morgan fingerprint density at radius 1 is 0.885 bits per heavy atom. The van der Waals surface area contributed by atoms with E-state index in [1.54, 1.807) is 11.6 Å². The van der Waals surface area contributed by atoms with Crippen LogP contribution in [-0.2, 0) is 6.18 Å². The van der Waals surface area contributed by atoms with Crippen LogP contribution in [0.1, 0.15) is 74.0 Å². The lowest BCUT2D eigenvalue weighted by Crippen LogP contribution is -2.23. The van der Waals surface area contributed by atoms with Gasteiger partial charge in [-0.05, 0) is 99.7 Å². The minimum absolute atomic E-state index is 0.477. The monoisotopic (exact) mass is 380 g/mol. The summed E-state index contributed by atoms with van der Waals surface area (Å²) in [6.45, 7) is 0. The van der Waals surface area contributed by atoms with Crippen molar-refractivity contribution in [2.45, 2.75) is 70.4 Å². The van der Waals surface area contributed by atoms with Crippen LogP contribution in [-0.4, -0.2) is 0 Å². The molecule has 4 rings (SSSR count). The van der Waals surface area contributed by atoms with E-state index in [4.69, 9.17) is 0 Å². The van der Waals surface area contributed by atoms with Crippen LogP contribution in [0.5, 0.6) is 0 Å². The minimum atomic E-state index is -4.21. The van der Waals surface area contributed by atoms with E-state index in [1.807, 2.05) is 0 Å². The number of rotatable bonds is 3. The molecule has 4 heteroatoms. The first-order valence-corrected chi connectivity index (χ1v) is 10.9. The molecule has 26 heavy (non-hydrogen) atoms. The second-order valence-electron chi connectivity index (χ2n) is 8.21. The van der Waals surface area contributed by atoms with Crippen LogP contribution in [0.3, 0.4) is 0 Å². The van der Waals surface area contributed by atoms with Gasteiger partial charge in [0.05, 0.1) is 0 Å². The summed E-state index contributed by atoms with van der Waals surface area (Å²) in [7, 11) is 0. The average Bonchev–Trinajstić information content (AvgIpc) is 3.34. The van der Waals surface area contributed by atoms with E-state index in [1.165, 1.54) is 51.0 Å². The molecule has 0 saturated heterocycles. The molecule has 0 aromatic carbocycles. The van der Waals surface area contributed by atoms with Gasteiger partial charge < -0.3 is 0 Å². The Morgan fingerprint density at radius 3 is 2.27 bits per heavy atom. The van der Waals surface area contributed by atoms with Gasteiger partial charge in [0.15, 0.2) is 0 Å². The van der Waals surface area contributed by atoms with Gasteiger partial charge in [-0.1, -0.05) is 17.7 Å². The van der Waals surface area contributed by atoms with Crippen molar-refractivity contribution in [2.24, 2.45) is 17.8 Å². The molecular weight excluding hydrogens is 353 g/mol. The second-order valence-corrected chi connectivity index (χ2v) is 9.29. The molecule has 1 atom stereocenters. The van der Waals surface area contributed by atoms with E-state index < -0.39 is 11.1 Å². The number of halogens is 3. The minimum Gasteiger partial charge on any atom is -0.165 e. The molecule has 1 heterocycles. The molecule has 3 aliphatic rings. The smallest absolute Gasteiger partial charge is 0.165 e. The summed E-state index contributed by atoms with van der Waals surface area (Å²) in [6, 6.07) is 2.88. The predicted molar refractivity (Wildman–Crippen MR) is 102 cm³/mol. The Labute approximate surface area is 158 Å². The van der Waals surface area contributed by atoms with E-state index in [-0.39, 0.29) is 0 Å². The first-order valence-electron chi connectivity index (χ1n) is 10.1. The summed E-state index contributed by atoms with van der Waals surface area (Å²) in [4.78, 5) is 0.336. The Kier molecular flexibility index (Phi) is 5.31. The van der Waals surface area contributed by atoms with Crippen LogP contribution in [0.2, 0.25) is 0 Å². The van der Waals surface area contributed by atoms with Crippen molar-refractivity contribution in [3.8, 4) is 0 Å². The van der Waals surface area contributed by atoms with Crippen molar-refractivity contribution in [3.63, 3.8) is 0 Å². The van der Waals surface area contributed by atoms with Crippen molar-refractivity contribution in [3.05, 3.63) is 39.6 Å². The zero-order chi connectivity index (χ0) is 18.1. The highest BCUT2D eigenvalue weighted by atomic mass is 32.1. The fraction of sp³-hybridized carbons (Fsp3) is 0.636. The summed E-state index contributed by atoms with van der Waals surface area (Å²) in [5.74, 6) is 2.40. The number of allylic oxidation sites excluding steroid dienone is 4. The maximum atomic E-state index is 12.8. The summed E-state index contributed by atoms with van der Waals surface area (Å²) in [5.41, 5.74) is 2.86. The van der Waals surface area contributed by atoms with Crippen molar-refractivity contribution in [2.75, 3.05) is 0 Å². The Balaban J connectivity index is 1.32. The van der Waals surface area contributed by atoms with E-state index in [0.29, 0.717) is 0 Å². The third-order valence-electron chi connectivity index (χ3n) is 6.69. The molecule has 1 saturated carbocycles. The number of hydrogen-bond acceptors (Lipinski definition) is 1. The maximum Gasteiger partial charge on any atom is 0.425 e. The lowest BCUT2D eigenvalue weighted by atomic mass is 9.70. The quantitative estimate of drug-likeness (QED) is 0.468. The summed E-state index contributed by atoms with van der Waals surface area (Å²) < 4.78 is 38.4. The van der Waals surface area contributed by atoms with E-state index >= 15 is 0 Å². The van der Waals surface area contributed by atoms with Crippen LogP contribution >= 0.6 is 11.3 Å². The maximum absolute atomic E-state index is 12.8. The van der Waals surface area contributed by atoms with Crippen LogP contribution < -0.4 is 0 Å². The highest BCUT2D eigenvalue weighted by molar-refractivity contribution is 7.13. The number of thiophene rings is 1. The van der Waals surface area contributed by atoms with Gasteiger partial charge in [-0.15, -0.1) is 11.3 Å². The van der Waals surface area contributed by atoms with Crippen molar-refractivity contribution in [1.29, 1.82) is 0 Å². The standard InChI is InChI=1S/C22H27F3S/c23-22(24,25)21-14-13-20(26-21)19-11-9-18(10-12-19)17-7-5-16(6-8-17)15-3-1-2-4-15/h3,11,13-14,16-18H,1-2,4-10,12H2. The van der Waals surface area contributed by atoms with Gasteiger partial charge in [-0.3, -0.25) is 0 Å². The van der Waals surface area contributed by atoms with Crippen LogP contribution in [0.15, 0.2) is 29.9 Å². The van der Waals surface area contributed by atoms with E-state index in [9.17, 15) is 13.2 Å². The molecule has 0 aliphatic heterocycles. The van der Waals surface area contributed by atoms with Gasteiger partial charge >= 0.3 is 6.18 Å². The molecule has 0 radical (unpaired) electrons. The molecule has 1 unspecified atom stereocenters. The summed E-state index contributed by atoms with van der Waals surface area (Å²) in [6.07, 6.45) is 13.0. The van der Waals surface area contributed by atoms with E-state index in [2.05, 4.69) is 12.2 Å². The van der Waals surface area contributed by atoms with Crippen molar-refractivity contribution >= 4 is 16.9 Å². The van der Waals surface area contributed by atoms with Crippen LogP contribution in [0, 0.1) is 17.8 Å². The number of hydrogen-bond donors (Lipinski definition) is 0. The Hall–Kier alpha value is -1.03. The zero-order valence-corrected chi connectivity index (χ0v) is 16.0. The van der Waals surface area contributed by atoms with Crippen LogP contribution in [0.25, 0.3) is 5.57 Å². The SMILES string of the molecule is FC(F)(F)c1ccc(C2=CCC(C3CCC(C4=CCCC4)CC3)CC2)s1. The predicted octanol–water partition coefficient (Wildman–Crippen LogP) is 7.87. The Morgan fingerprint density at radius 2 is 1.69 bits per heavy atom. The van der Waals surface area contributed by atoms with Gasteiger partial charge in [0.25, 0.3) is 0 Å². The topological polar surface area (TPSA) is 0 Å². The first-order chi connectivity index (χ1) is 12.5. The highest BCUT2D eigenvalue weighted by Gasteiger charge is 2.34. The van der Waals surface area contributed by atoms with Gasteiger partial charge in [0.2, 0.25) is 0 Å². The van der Waals surface area contributed by atoms with Gasteiger partial charge in [0.1, 0.15) is 4.88 Å². The fourth-order valence-corrected chi connectivity index (χ4v) is 6.14. The summed E-state index contributed by atoms with van der Waals surface area (Å²) >= 11 is 0.898. The third kappa shape index (κ3) is 3.95. The first kappa shape index (κ1) is 18.3. The molecule has 0 amide bonds. The number of alkyl halides is 3. The molecule has 142 valence electrons. The zero-order valence-electron chi connectivity index (χ0n) is 15.2. The normalized spacial score (nSPS) is 30.2. The van der Waals surface area contributed by atoms with Crippen molar-refractivity contribution < 1.29 is 13.2 Å². The molecule has 0 N–H and O–H groups in total. The molecule has 0 spiro atoms. The lowest BCUT2D eigenvalue weighted by Gasteiger charge is -2.36. The van der Waals surface area contributed by atoms with Crippen LogP contribution in [0.4, 0.5) is 13.2 Å². The molecular formula is C22H27F3S. The second kappa shape index (κ2) is 7.53. The Bertz CT molecular complexity index is 686. The third-order valence-corrected chi connectivity index (χ3v) is 7.90. The lowest BCUT2D eigenvalue weighted by molar-refractivity contribution is -0.134. The molecule has 1 aromatic heterocycles. The largest absolute Gasteiger partial charge is 0.425 e. The van der Waals surface area contributed by atoms with Crippen molar-refractivity contribution in [1.82, 2.24) is 0 Å². The molecule has 3 aliphatic carbocycles. The van der Waals surface area contributed by atoms with E-state index in [0.717, 1.165) is 58.8 Å². The highest BCUT2D eigenvalue weighted by Crippen LogP contribution is 2.45. The molecule has 0 bridgehead atoms. The summed E-state index contributed by atoms with van der Waals surface area (Å²) in [5, 5.41) is 0. The van der Waals surface area contributed by atoms with Gasteiger partial charge in [0, 0.05) is 4.88 Å². The molecule has 1 aromatic rings. The van der Waals surface area contributed by atoms with Gasteiger partial charge in [-0.2, -0.15) is 13.2 Å². The van der Waals surface area contributed by atoms with Gasteiger partial charge in [-0.25, -0.2) is 0 Å². The average molecular weight is 381 g/mol.